The summed E-state index contributed by atoms with van der Waals surface area (Å²) < 4.78 is 13.6. The van der Waals surface area contributed by atoms with E-state index in [1.165, 1.54) is 24.6 Å². The summed E-state index contributed by atoms with van der Waals surface area (Å²) in [5.74, 6) is 0.107. The average molecular weight is 388 g/mol. The van der Waals surface area contributed by atoms with Gasteiger partial charge in [0.05, 0.1) is 18.2 Å². The van der Waals surface area contributed by atoms with Crippen molar-refractivity contribution in [1.82, 2.24) is 4.90 Å². The number of piperidine rings is 1. The summed E-state index contributed by atoms with van der Waals surface area (Å²) in [5.41, 5.74) is 6.74. The Kier molecular flexibility index (Phi) is 6.71. The molecule has 1 aliphatic rings. The Morgan fingerprint density at radius 2 is 2.05 bits per heavy atom. The maximum Gasteiger partial charge on any atom is 0.191 e. The molecule has 1 aliphatic heterocycles. The summed E-state index contributed by atoms with van der Waals surface area (Å²) in [7, 11) is 0. The summed E-state index contributed by atoms with van der Waals surface area (Å²) in [5, 5.41) is 8.79. The van der Waals surface area contributed by atoms with Crippen LogP contribution in [-0.4, -0.2) is 23.9 Å². The van der Waals surface area contributed by atoms with E-state index in [0.29, 0.717) is 17.1 Å². The van der Waals surface area contributed by atoms with Crippen molar-refractivity contribution in [2.45, 2.75) is 25.8 Å². The van der Waals surface area contributed by atoms with Crippen molar-refractivity contribution >= 4 is 29.9 Å². The van der Waals surface area contributed by atoms with Gasteiger partial charge < -0.3 is 10.6 Å². The molecule has 0 atom stereocenters. The molecule has 20 heavy (non-hydrogen) atoms. The fraction of sp³-hybridized carbons (Fsp3) is 0.429. The topological polar surface area (TPSA) is 65.4 Å². The molecular formula is C14H18FIN4. The fourth-order valence-corrected chi connectivity index (χ4v) is 2.15. The molecule has 4 nitrogen and oxygen atoms in total. The van der Waals surface area contributed by atoms with E-state index < -0.39 is 0 Å². The van der Waals surface area contributed by atoms with Crippen LogP contribution in [0.2, 0.25) is 0 Å². The summed E-state index contributed by atoms with van der Waals surface area (Å²) in [6.07, 6.45) is 3.46. The lowest BCUT2D eigenvalue weighted by molar-refractivity contribution is 0.338. The van der Waals surface area contributed by atoms with E-state index in [1.807, 2.05) is 11.0 Å². The number of benzene rings is 1. The Hall–Kier alpha value is -1.36. The lowest BCUT2D eigenvalue weighted by Gasteiger charge is -2.27. The number of nitriles is 1. The predicted molar refractivity (Wildman–Crippen MR) is 87.3 cm³/mol. The van der Waals surface area contributed by atoms with Crippen LogP contribution in [0.5, 0.6) is 0 Å². The van der Waals surface area contributed by atoms with Gasteiger partial charge in [0.1, 0.15) is 5.82 Å². The van der Waals surface area contributed by atoms with Crippen LogP contribution in [0.15, 0.2) is 23.2 Å². The number of nitrogens with zero attached hydrogens (tertiary/aromatic N) is 3. The summed E-state index contributed by atoms with van der Waals surface area (Å²) in [4.78, 5) is 6.25. The zero-order valence-corrected chi connectivity index (χ0v) is 13.5. The highest BCUT2D eigenvalue weighted by Gasteiger charge is 2.12. The molecule has 1 fully saturated rings. The van der Waals surface area contributed by atoms with E-state index in [4.69, 9.17) is 11.0 Å². The van der Waals surface area contributed by atoms with Crippen molar-refractivity contribution in [2.75, 3.05) is 13.1 Å². The molecule has 1 aromatic rings. The third kappa shape index (κ3) is 4.34. The molecule has 1 saturated heterocycles. The minimum Gasteiger partial charge on any atom is -0.370 e. The molecule has 0 aromatic heterocycles. The van der Waals surface area contributed by atoms with E-state index >= 15 is 0 Å². The van der Waals surface area contributed by atoms with Gasteiger partial charge >= 0.3 is 0 Å². The van der Waals surface area contributed by atoms with Gasteiger partial charge in [-0.15, -0.1) is 24.0 Å². The van der Waals surface area contributed by atoms with E-state index in [2.05, 4.69) is 4.99 Å². The van der Waals surface area contributed by atoms with Gasteiger partial charge in [0.2, 0.25) is 0 Å². The highest BCUT2D eigenvalue weighted by Crippen LogP contribution is 2.12. The zero-order chi connectivity index (χ0) is 13.7. The van der Waals surface area contributed by atoms with Gasteiger partial charge in [0.25, 0.3) is 0 Å². The molecule has 2 rings (SSSR count). The van der Waals surface area contributed by atoms with E-state index in [-0.39, 0.29) is 36.3 Å². The molecule has 1 aromatic carbocycles. The van der Waals surface area contributed by atoms with Gasteiger partial charge in [-0.1, -0.05) is 0 Å². The number of nitrogens with two attached hydrogens (primary N) is 1. The third-order valence-corrected chi connectivity index (χ3v) is 3.27. The van der Waals surface area contributed by atoms with Crippen LogP contribution < -0.4 is 5.73 Å². The minimum atomic E-state index is -0.353. The van der Waals surface area contributed by atoms with Crippen molar-refractivity contribution in [2.24, 2.45) is 10.7 Å². The predicted octanol–water partition coefficient (Wildman–Crippen LogP) is 2.62. The van der Waals surface area contributed by atoms with Gasteiger partial charge in [-0.05, 0) is 37.5 Å². The van der Waals surface area contributed by atoms with Gasteiger partial charge in [-0.3, -0.25) is 0 Å². The normalized spacial score (nSPS) is 15.4. The lowest BCUT2D eigenvalue weighted by Crippen LogP contribution is -2.40. The first-order valence-corrected chi connectivity index (χ1v) is 6.44. The summed E-state index contributed by atoms with van der Waals surface area (Å²) in [6, 6.07) is 6.25. The number of hydrogen-bond donors (Lipinski definition) is 1. The molecular weight excluding hydrogens is 370 g/mol. The Bertz CT molecular complexity index is 518. The highest BCUT2D eigenvalue weighted by atomic mass is 127. The van der Waals surface area contributed by atoms with E-state index in [9.17, 15) is 4.39 Å². The van der Waals surface area contributed by atoms with Crippen LogP contribution >= 0.6 is 24.0 Å². The molecule has 0 aliphatic carbocycles. The molecule has 0 unspecified atom stereocenters. The lowest BCUT2D eigenvalue weighted by atomic mass is 10.1. The molecule has 0 bridgehead atoms. The van der Waals surface area contributed by atoms with Gasteiger partial charge in [0, 0.05) is 18.7 Å². The van der Waals surface area contributed by atoms with Crippen molar-refractivity contribution in [3.63, 3.8) is 0 Å². The molecule has 2 N–H and O–H groups in total. The second kappa shape index (κ2) is 8.04. The Labute approximate surface area is 135 Å². The SMILES string of the molecule is I.N#Cc1ccc(F)c(CN=C(N)N2CCCCC2)c1. The first kappa shape index (κ1) is 16.7. The van der Waals surface area contributed by atoms with Crippen molar-refractivity contribution in [3.05, 3.63) is 35.1 Å². The molecule has 0 spiro atoms. The zero-order valence-electron chi connectivity index (χ0n) is 11.2. The van der Waals surface area contributed by atoms with Crippen molar-refractivity contribution < 1.29 is 4.39 Å². The Morgan fingerprint density at radius 1 is 1.35 bits per heavy atom. The monoisotopic (exact) mass is 388 g/mol. The molecule has 108 valence electrons. The maximum atomic E-state index is 13.6. The largest absolute Gasteiger partial charge is 0.370 e. The van der Waals surface area contributed by atoms with Gasteiger partial charge in [0.15, 0.2) is 5.96 Å². The van der Waals surface area contributed by atoms with Gasteiger partial charge in [-0.25, -0.2) is 9.38 Å². The minimum absolute atomic E-state index is 0. The number of guanidine groups is 1. The van der Waals surface area contributed by atoms with Crippen LogP contribution in [0.3, 0.4) is 0 Å². The Morgan fingerprint density at radius 3 is 2.70 bits per heavy atom. The van der Waals surface area contributed by atoms with Crippen LogP contribution in [0.1, 0.15) is 30.4 Å². The second-order valence-corrected chi connectivity index (χ2v) is 4.64. The number of aliphatic imine (C=N–C) groups is 1. The number of hydrogen-bond acceptors (Lipinski definition) is 2. The third-order valence-electron chi connectivity index (χ3n) is 3.27. The summed E-state index contributed by atoms with van der Waals surface area (Å²) >= 11 is 0. The van der Waals surface area contributed by atoms with E-state index in [0.717, 1.165) is 25.9 Å². The maximum absolute atomic E-state index is 13.6. The number of likely N-dealkylation sites (tertiary alicyclic amines) is 1. The Balaban J connectivity index is 0.00000200. The molecule has 0 amide bonds. The standard InChI is InChI=1S/C14H17FN4.HI/c15-13-5-4-11(9-16)8-12(13)10-18-14(17)19-6-2-1-3-7-19;/h4-5,8H,1-3,6-7,10H2,(H2,17,18);1H. The quantitative estimate of drug-likeness (QED) is 0.481. The first-order valence-electron chi connectivity index (χ1n) is 6.44. The molecule has 1 heterocycles. The van der Waals surface area contributed by atoms with Crippen LogP contribution in [0.4, 0.5) is 4.39 Å². The second-order valence-electron chi connectivity index (χ2n) is 4.64. The highest BCUT2D eigenvalue weighted by molar-refractivity contribution is 14.0. The van der Waals surface area contributed by atoms with Gasteiger partial charge in [-0.2, -0.15) is 5.26 Å². The first-order chi connectivity index (χ1) is 9.20. The molecule has 0 saturated carbocycles. The average Bonchev–Trinajstić information content (AvgIpc) is 2.47. The van der Waals surface area contributed by atoms with Crippen LogP contribution in [0, 0.1) is 17.1 Å². The smallest absolute Gasteiger partial charge is 0.191 e. The van der Waals surface area contributed by atoms with Crippen molar-refractivity contribution in [1.29, 1.82) is 5.26 Å². The van der Waals surface area contributed by atoms with Crippen molar-refractivity contribution in [3.8, 4) is 6.07 Å². The molecule has 6 heteroatoms. The van der Waals surface area contributed by atoms with Crippen LogP contribution in [0.25, 0.3) is 0 Å². The van der Waals surface area contributed by atoms with E-state index in [1.54, 1.807) is 0 Å². The number of halogens is 2. The number of rotatable bonds is 2. The van der Waals surface area contributed by atoms with Crippen LogP contribution in [-0.2, 0) is 6.54 Å². The molecule has 0 radical (unpaired) electrons. The summed E-state index contributed by atoms with van der Waals surface area (Å²) in [6.45, 7) is 2.00. The fourth-order valence-electron chi connectivity index (χ4n) is 2.15.